The van der Waals surface area contributed by atoms with Crippen molar-refractivity contribution in [3.63, 3.8) is 0 Å². The summed E-state index contributed by atoms with van der Waals surface area (Å²) < 4.78 is 5.24. The molecule has 108 valence electrons. The van der Waals surface area contributed by atoms with Crippen molar-refractivity contribution in [3.8, 4) is 17.9 Å². The zero-order valence-electron chi connectivity index (χ0n) is 11.8. The maximum atomic E-state index is 12.6. The first-order chi connectivity index (χ1) is 10.2. The van der Waals surface area contributed by atoms with Gasteiger partial charge in [-0.3, -0.25) is 4.79 Å². The Morgan fingerprint density at radius 2 is 2.38 bits per heavy atom. The first kappa shape index (κ1) is 15.1. The Kier molecular flexibility index (Phi) is 4.94. The van der Waals surface area contributed by atoms with Crippen LogP contribution >= 0.6 is 0 Å². The molecule has 2 rings (SSSR count). The molecule has 1 unspecified atom stereocenters. The van der Waals surface area contributed by atoms with Gasteiger partial charge < -0.3 is 14.7 Å². The molecule has 1 amide bonds. The predicted molar refractivity (Wildman–Crippen MR) is 76.4 cm³/mol. The van der Waals surface area contributed by atoms with E-state index in [4.69, 9.17) is 15.1 Å². The molecule has 0 radical (unpaired) electrons. The molecular weight excluding hydrogens is 268 g/mol. The van der Waals surface area contributed by atoms with Gasteiger partial charge in [-0.1, -0.05) is 17.9 Å². The van der Waals surface area contributed by atoms with Crippen molar-refractivity contribution in [1.29, 1.82) is 5.26 Å². The minimum Gasteiger partial charge on any atom is -0.384 e. The molecule has 21 heavy (non-hydrogen) atoms. The van der Waals surface area contributed by atoms with Crippen LogP contribution in [0.15, 0.2) is 18.2 Å². The van der Waals surface area contributed by atoms with Crippen LogP contribution in [-0.4, -0.2) is 48.3 Å². The standard InChI is InChI=1S/C16H16N2O3/c1-12-4-5-15(13(9-12)3-2-7-19)16(20)18-6-8-21-14(10-17)11-18/h4-5,9,14,19H,6-8,11H2,1H3. The number of benzene rings is 1. The summed E-state index contributed by atoms with van der Waals surface area (Å²) in [7, 11) is 0. The highest BCUT2D eigenvalue weighted by molar-refractivity contribution is 5.97. The Morgan fingerprint density at radius 1 is 1.57 bits per heavy atom. The fraction of sp³-hybridized carbons (Fsp3) is 0.375. The van der Waals surface area contributed by atoms with E-state index >= 15 is 0 Å². The molecule has 5 heteroatoms. The van der Waals surface area contributed by atoms with Gasteiger partial charge in [-0.05, 0) is 24.6 Å². The quantitative estimate of drug-likeness (QED) is 0.771. The fourth-order valence-electron chi connectivity index (χ4n) is 2.16. The Labute approximate surface area is 123 Å². The monoisotopic (exact) mass is 284 g/mol. The van der Waals surface area contributed by atoms with Gasteiger partial charge in [0.05, 0.1) is 24.8 Å². The number of aryl methyl sites for hydroxylation is 1. The lowest BCUT2D eigenvalue weighted by Crippen LogP contribution is -2.45. The third-order valence-corrected chi connectivity index (χ3v) is 3.21. The minimum atomic E-state index is -0.583. The molecule has 0 spiro atoms. The minimum absolute atomic E-state index is 0.166. The molecule has 1 aromatic carbocycles. The van der Waals surface area contributed by atoms with E-state index < -0.39 is 6.10 Å². The van der Waals surface area contributed by atoms with Crippen LogP contribution in [0, 0.1) is 30.1 Å². The maximum absolute atomic E-state index is 12.6. The molecule has 0 aromatic heterocycles. The Hall–Kier alpha value is -2.34. The van der Waals surface area contributed by atoms with Gasteiger partial charge in [0, 0.05) is 12.1 Å². The molecule has 1 aliphatic heterocycles. The van der Waals surface area contributed by atoms with Gasteiger partial charge in [-0.2, -0.15) is 5.26 Å². The van der Waals surface area contributed by atoms with Crippen LogP contribution in [-0.2, 0) is 4.74 Å². The Balaban J connectivity index is 2.28. The van der Waals surface area contributed by atoms with Gasteiger partial charge in [0.25, 0.3) is 5.91 Å². The van der Waals surface area contributed by atoms with Crippen LogP contribution < -0.4 is 0 Å². The number of hydrogen-bond donors (Lipinski definition) is 1. The number of morpholine rings is 1. The van der Waals surface area contributed by atoms with Crippen molar-refractivity contribution in [2.45, 2.75) is 13.0 Å². The van der Waals surface area contributed by atoms with E-state index in [2.05, 4.69) is 11.8 Å². The van der Waals surface area contributed by atoms with Crippen molar-refractivity contribution in [2.75, 3.05) is 26.3 Å². The molecule has 0 saturated carbocycles. The second-order valence-corrected chi connectivity index (χ2v) is 4.75. The van der Waals surface area contributed by atoms with Gasteiger partial charge in [0.2, 0.25) is 0 Å². The fourth-order valence-corrected chi connectivity index (χ4v) is 2.16. The molecule has 1 aromatic rings. The van der Waals surface area contributed by atoms with Crippen LogP contribution in [0.1, 0.15) is 21.5 Å². The van der Waals surface area contributed by atoms with Gasteiger partial charge in [-0.25, -0.2) is 0 Å². The number of carbonyl (C=O) groups is 1. The van der Waals surface area contributed by atoms with Gasteiger partial charge >= 0.3 is 0 Å². The largest absolute Gasteiger partial charge is 0.384 e. The summed E-state index contributed by atoms with van der Waals surface area (Å²) in [6.07, 6.45) is -0.583. The van der Waals surface area contributed by atoms with Crippen LogP contribution in [0.2, 0.25) is 0 Å². The average molecular weight is 284 g/mol. The topological polar surface area (TPSA) is 73.6 Å². The number of rotatable bonds is 1. The van der Waals surface area contributed by atoms with Crippen molar-refractivity contribution < 1.29 is 14.6 Å². The van der Waals surface area contributed by atoms with Crippen molar-refractivity contribution >= 4 is 5.91 Å². The molecule has 1 atom stereocenters. The molecule has 0 bridgehead atoms. The number of hydrogen-bond acceptors (Lipinski definition) is 4. The van der Waals surface area contributed by atoms with Crippen molar-refractivity contribution in [1.82, 2.24) is 4.90 Å². The van der Waals surface area contributed by atoms with E-state index in [-0.39, 0.29) is 19.1 Å². The number of carbonyl (C=O) groups excluding carboxylic acids is 1. The molecule has 1 fully saturated rings. The molecule has 1 heterocycles. The van der Waals surface area contributed by atoms with Crippen molar-refractivity contribution in [3.05, 3.63) is 34.9 Å². The number of nitrogens with zero attached hydrogens (tertiary/aromatic N) is 2. The van der Waals surface area contributed by atoms with E-state index in [9.17, 15) is 4.79 Å². The second kappa shape index (κ2) is 6.90. The Bertz CT molecular complexity index is 637. The molecular formula is C16H16N2O3. The summed E-state index contributed by atoms with van der Waals surface area (Å²) in [5.74, 6) is 5.21. The number of nitriles is 1. The van der Waals surface area contributed by atoms with E-state index in [0.29, 0.717) is 24.3 Å². The van der Waals surface area contributed by atoms with Gasteiger partial charge in [-0.15, -0.1) is 0 Å². The third kappa shape index (κ3) is 3.61. The molecule has 5 nitrogen and oxygen atoms in total. The average Bonchev–Trinajstić information content (AvgIpc) is 2.52. The highest BCUT2D eigenvalue weighted by Crippen LogP contribution is 2.16. The number of aliphatic hydroxyl groups is 1. The third-order valence-electron chi connectivity index (χ3n) is 3.21. The predicted octanol–water partition coefficient (Wildman–Crippen LogP) is 0.703. The SMILES string of the molecule is Cc1ccc(C(=O)N2CCOC(C#N)C2)c(C#CCO)c1. The van der Waals surface area contributed by atoms with E-state index in [1.54, 1.807) is 11.0 Å². The van der Waals surface area contributed by atoms with E-state index in [0.717, 1.165) is 5.56 Å². The Morgan fingerprint density at radius 3 is 3.10 bits per heavy atom. The summed E-state index contributed by atoms with van der Waals surface area (Å²) in [6.45, 7) is 2.73. The van der Waals surface area contributed by atoms with E-state index in [1.807, 2.05) is 25.1 Å². The second-order valence-electron chi connectivity index (χ2n) is 4.75. The smallest absolute Gasteiger partial charge is 0.255 e. The first-order valence-electron chi connectivity index (χ1n) is 6.66. The number of amides is 1. The van der Waals surface area contributed by atoms with Crippen LogP contribution in [0.3, 0.4) is 0 Å². The van der Waals surface area contributed by atoms with Gasteiger partial charge in [0.1, 0.15) is 6.61 Å². The highest BCUT2D eigenvalue weighted by Gasteiger charge is 2.25. The maximum Gasteiger partial charge on any atom is 0.255 e. The molecule has 1 N–H and O–H groups in total. The van der Waals surface area contributed by atoms with E-state index in [1.165, 1.54) is 0 Å². The summed E-state index contributed by atoms with van der Waals surface area (Å²) >= 11 is 0. The molecule has 1 saturated heterocycles. The van der Waals surface area contributed by atoms with Gasteiger partial charge in [0.15, 0.2) is 6.10 Å². The molecule has 0 aliphatic carbocycles. The van der Waals surface area contributed by atoms with Crippen LogP contribution in [0.5, 0.6) is 0 Å². The lowest BCUT2D eigenvalue weighted by molar-refractivity contribution is 0.00345. The zero-order chi connectivity index (χ0) is 15.2. The zero-order valence-corrected chi connectivity index (χ0v) is 11.8. The summed E-state index contributed by atoms with van der Waals surface area (Å²) in [4.78, 5) is 14.2. The molecule has 1 aliphatic rings. The number of ether oxygens (including phenoxy) is 1. The lowest BCUT2D eigenvalue weighted by atomic mass is 10.0. The lowest BCUT2D eigenvalue weighted by Gasteiger charge is -2.30. The summed E-state index contributed by atoms with van der Waals surface area (Å²) in [5, 5.41) is 17.7. The van der Waals surface area contributed by atoms with Crippen LogP contribution in [0.4, 0.5) is 0 Å². The normalized spacial score (nSPS) is 17.6. The highest BCUT2D eigenvalue weighted by atomic mass is 16.5. The van der Waals surface area contributed by atoms with Crippen LogP contribution in [0.25, 0.3) is 0 Å². The summed E-state index contributed by atoms with van der Waals surface area (Å²) in [6, 6.07) is 7.42. The van der Waals surface area contributed by atoms with Crippen molar-refractivity contribution in [2.24, 2.45) is 0 Å². The summed E-state index contributed by atoms with van der Waals surface area (Å²) in [5.41, 5.74) is 2.07. The first-order valence-corrected chi connectivity index (χ1v) is 6.66. The number of aliphatic hydroxyl groups excluding tert-OH is 1.